The van der Waals surface area contributed by atoms with E-state index in [-0.39, 0.29) is 24.3 Å². The average molecular weight is 337 g/mol. The minimum absolute atomic E-state index is 0.0205. The molecule has 0 unspecified atom stereocenters. The Morgan fingerprint density at radius 3 is 2.64 bits per heavy atom. The molecule has 1 aliphatic rings. The van der Waals surface area contributed by atoms with Crippen LogP contribution in [0.4, 0.5) is 0 Å². The first-order valence-corrected chi connectivity index (χ1v) is 8.81. The summed E-state index contributed by atoms with van der Waals surface area (Å²) in [6.45, 7) is -0.0395. The average Bonchev–Trinajstić information content (AvgIpc) is 2.67. The number of benzene rings is 2. The first-order valence-electron chi connectivity index (χ1n) is 8.81. The highest BCUT2D eigenvalue weighted by Crippen LogP contribution is 2.23. The molecule has 1 saturated carbocycles. The van der Waals surface area contributed by atoms with Crippen LogP contribution in [0, 0.1) is 5.92 Å². The largest absolute Gasteiger partial charge is 0.347 e. The number of hydrogen-bond acceptors (Lipinski definition) is 3. The van der Waals surface area contributed by atoms with E-state index in [0.29, 0.717) is 0 Å². The van der Waals surface area contributed by atoms with E-state index in [1.807, 2.05) is 42.5 Å². The van der Waals surface area contributed by atoms with E-state index >= 15 is 0 Å². The zero-order chi connectivity index (χ0) is 17.5. The van der Waals surface area contributed by atoms with Gasteiger partial charge in [-0.2, -0.15) is 5.10 Å². The molecule has 1 aliphatic carbocycles. The number of amides is 2. The molecule has 130 valence electrons. The zero-order valence-corrected chi connectivity index (χ0v) is 14.2. The Bertz CT molecular complexity index is 774. The van der Waals surface area contributed by atoms with E-state index in [0.717, 1.165) is 42.0 Å². The van der Waals surface area contributed by atoms with Crippen LogP contribution in [-0.4, -0.2) is 24.6 Å². The Labute approximate surface area is 147 Å². The van der Waals surface area contributed by atoms with E-state index < -0.39 is 0 Å². The van der Waals surface area contributed by atoms with E-state index in [9.17, 15) is 9.59 Å². The van der Waals surface area contributed by atoms with Crippen LogP contribution in [-0.2, 0) is 9.59 Å². The first kappa shape index (κ1) is 17.1. The molecule has 3 rings (SSSR count). The van der Waals surface area contributed by atoms with Crippen molar-refractivity contribution in [3.8, 4) is 0 Å². The van der Waals surface area contributed by atoms with Gasteiger partial charge >= 0.3 is 0 Å². The van der Waals surface area contributed by atoms with Gasteiger partial charge in [0.05, 0.1) is 12.8 Å². The summed E-state index contributed by atoms with van der Waals surface area (Å²) in [5.74, 6) is -0.283. The van der Waals surface area contributed by atoms with Crippen LogP contribution in [0.15, 0.2) is 47.6 Å². The lowest BCUT2D eigenvalue weighted by Crippen LogP contribution is -2.38. The molecule has 2 aromatic carbocycles. The van der Waals surface area contributed by atoms with Crippen LogP contribution < -0.4 is 10.7 Å². The van der Waals surface area contributed by atoms with Crippen molar-refractivity contribution in [3.63, 3.8) is 0 Å². The molecular weight excluding hydrogens is 314 g/mol. The number of nitrogens with one attached hydrogen (secondary N) is 2. The second-order valence-electron chi connectivity index (χ2n) is 6.41. The Kier molecular flexibility index (Phi) is 5.77. The lowest BCUT2D eigenvalue weighted by atomic mass is 9.89. The fraction of sp³-hybridized carbons (Fsp3) is 0.350. The van der Waals surface area contributed by atoms with E-state index in [1.54, 1.807) is 6.21 Å². The maximum absolute atomic E-state index is 12.0. The standard InChI is InChI=1S/C20H23N3O2/c24-19(14-21-20(25)16-8-2-1-3-9-16)23-22-13-17-11-6-10-15-7-4-5-12-18(15)17/h4-7,10-13,16H,1-3,8-9,14H2,(H,21,25)(H,23,24). The van der Waals surface area contributed by atoms with Crippen molar-refractivity contribution < 1.29 is 9.59 Å². The van der Waals surface area contributed by atoms with Gasteiger partial charge in [0.2, 0.25) is 5.91 Å². The van der Waals surface area contributed by atoms with Crippen molar-refractivity contribution in [2.24, 2.45) is 11.0 Å². The summed E-state index contributed by atoms with van der Waals surface area (Å²) >= 11 is 0. The number of hydrazone groups is 1. The molecule has 0 bridgehead atoms. The Morgan fingerprint density at radius 2 is 1.80 bits per heavy atom. The molecule has 0 aromatic heterocycles. The van der Waals surface area contributed by atoms with E-state index in [1.165, 1.54) is 6.42 Å². The minimum atomic E-state index is -0.319. The van der Waals surface area contributed by atoms with Crippen LogP contribution in [0.5, 0.6) is 0 Å². The van der Waals surface area contributed by atoms with Gasteiger partial charge in [-0.15, -0.1) is 0 Å². The number of hydrogen-bond donors (Lipinski definition) is 2. The maximum Gasteiger partial charge on any atom is 0.259 e. The third-order valence-corrected chi connectivity index (χ3v) is 4.62. The van der Waals surface area contributed by atoms with Crippen molar-refractivity contribution in [1.82, 2.24) is 10.7 Å². The van der Waals surface area contributed by atoms with Crippen molar-refractivity contribution >= 4 is 28.8 Å². The summed E-state index contributed by atoms with van der Waals surface area (Å²) in [5.41, 5.74) is 3.40. The fourth-order valence-corrected chi connectivity index (χ4v) is 3.25. The lowest BCUT2D eigenvalue weighted by molar-refractivity contribution is -0.129. The molecule has 2 amide bonds. The quantitative estimate of drug-likeness (QED) is 0.650. The molecule has 0 heterocycles. The van der Waals surface area contributed by atoms with Crippen molar-refractivity contribution in [2.75, 3.05) is 6.54 Å². The van der Waals surface area contributed by atoms with Crippen molar-refractivity contribution in [3.05, 3.63) is 48.0 Å². The lowest BCUT2D eigenvalue weighted by Gasteiger charge is -2.20. The highest BCUT2D eigenvalue weighted by molar-refractivity contribution is 6.00. The van der Waals surface area contributed by atoms with Gasteiger partial charge in [-0.25, -0.2) is 5.43 Å². The Balaban J connectivity index is 1.50. The summed E-state index contributed by atoms with van der Waals surface area (Å²) in [4.78, 5) is 23.9. The normalized spacial score (nSPS) is 15.4. The van der Waals surface area contributed by atoms with Crippen LogP contribution >= 0.6 is 0 Å². The molecule has 1 fully saturated rings. The highest BCUT2D eigenvalue weighted by Gasteiger charge is 2.21. The maximum atomic E-state index is 12.0. The van der Waals surface area contributed by atoms with E-state index in [2.05, 4.69) is 15.8 Å². The summed E-state index contributed by atoms with van der Waals surface area (Å²) in [6.07, 6.45) is 6.87. The van der Waals surface area contributed by atoms with Gasteiger partial charge in [0.15, 0.2) is 0 Å². The van der Waals surface area contributed by atoms with Gasteiger partial charge in [-0.1, -0.05) is 61.7 Å². The van der Waals surface area contributed by atoms with Gasteiger partial charge < -0.3 is 5.32 Å². The van der Waals surface area contributed by atoms with Crippen LogP contribution in [0.1, 0.15) is 37.7 Å². The summed E-state index contributed by atoms with van der Waals surface area (Å²) in [7, 11) is 0. The van der Waals surface area contributed by atoms with Crippen LogP contribution in [0.25, 0.3) is 10.8 Å². The molecule has 0 atom stereocenters. The van der Waals surface area contributed by atoms with Gasteiger partial charge in [0, 0.05) is 11.5 Å². The number of nitrogens with zero attached hydrogens (tertiary/aromatic N) is 1. The predicted octanol–water partition coefficient (Wildman–Crippen LogP) is 2.99. The topological polar surface area (TPSA) is 70.6 Å². The molecular formula is C20H23N3O2. The highest BCUT2D eigenvalue weighted by atomic mass is 16.2. The number of fused-ring (bicyclic) bond motifs is 1. The van der Waals surface area contributed by atoms with Gasteiger partial charge in [-0.3, -0.25) is 9.59 Å². The van der Waals surface area contributed by atoms with Gasteiger partial charge in [0.25, 0.3) is 5.91 Å². The second kappa shape index (κ2) is 8.42. The van der Waals surface area contributed by atoms with Gasteiger partial charge in [0.1, 0.15) is 0 Å². The van der Waals surface area contributed by atoms with Crippen LogP contribution in [0.2, 0.25) is 0 Å². The summed E-state index contributed by atoms with van der Waals surface area (Å²) < 4.78 is 0. The smallest absolute Gasteiger partial charge is 0.259 e. The SMILES string of the molecule is O=C(CNC(=O)C1CCCCC1)NN=Cc1cccc2ccccc12. The summed E-state index contributed by atoms with van der Waals surface area (Å²) in [5, 5.41) is 8.91. The molecule has 0 saturated heterocycles. The van der Waals surface area contributed by atoms with Crippen LogP contribution in [0.3, 0.4) is 0 Å². The minimum Gasteiger partial charge on any atom is -0.347 e. The molecule has 5 heteroatoms. The molecule has 0 spiro atoms. The Hall–Kier alpha value is -2.69. The third kappa shape index (κ3) is 4.66. The molecule has 5 nitrogen and oxygen atoms in total. The molecule has 2 N–H and O–H groups in total. The molecule has 0 radical (unpaired) electrons. The van der Waals surface area contributed by atoms with Gasteiger partial charge in [-0.05, 0) is 23.6 Å². The number of rotatable bonds is 5. The van der Waals surface area contributed by atoms with Crippen molar-refractivity contribution in [1.29, 1.82) is 0 Å². The number of carbonyl (C=O) groups is 2. The number of carbonyl (C=O) groups excluding carboxylic acids is 2. The second-order valence-corrected chi connectivity index (χ2v) is 6.41. The van der Waals surface area contributed by atoms with Crippen molar-refractivity contribution in [2.45, 2.75) is 32.1 Å². The Morgan fingerprint density at radius 1 is 1.04 bits per heavy atom. The third-order valence-electron chi connectivity index (χ3n) is 4.62. The fourth-order valence-electron chi connectivity index (χ4n) is 3.25. The molecule has 2 aromatic rings. The molecule has 0 aliphatic heterocycles. The predicted molar refractivity (Wildman–Crippen MR) is 99.3 cm³/mol. The first-order chi connectivity index (χ1) is 12.2. The summed E-state index contributed by atoms with van der Waals surface area (Å²) in [6, 6.07) is 13.9. The zero-order valence-electron chi connectivity index (χ0n) is 14.2. The monoisotopic (exact) mass is 337 g/mol. The molecule has 25 heavy (non-hydrogen) atoms. The van der Waals surface area contributed by atoms with E-state index in [4.69, 9.17) is 0 Å².